The molecule has 0 aliphatic carbocycles. The molecule has 2 heterocycles. The minimum atomic E-state index is 0. The number of halogens is 1. The summed E-state index contributed by atoms with van der Waals surface area (Å²) in [5.41, 5.74) is 0.411. The van der Waals surface area contributed by atoms with Crippen molar-refractivity contribution in [1.29, 1.82) is 0 Å². The largest absolute Gasteiger partial charge is 0.381 e. The number of nitrogens with zero attached hydrogens (tertiary/aromatic N) is 2. The fourth-order valence-corrected chi connectivity index (χ4v) is 2.94. The van der Waals surface area contributed by atoms with E-state index in [0.29, 0.717) is 5.41 Å². The Kier molecular flexibility index (Phi) is 7.58. The molecule has 5 heteroatoms. The fourth-order valence-electron chi connectivity index (χ4n) is 2.94. The summed E-state index contributed by atoms with van der Waals surface area (Å²) < 4.78 is 5.60. The van der Waals surface area contributed by atoms with Crippen LogP contribution in [0.5, 0.6) is 0 Å². The summed E-state index contributed by atoms with van der Waals surface area (Å²) in [5.74, 6) is 1.83. The molecule has 2 saturated heterocycles. The van der Waals surface area contributed by atoms with Crippen LogP contribution in [0.15, 0.2) is 4.99 Å². The van der Waals surface area contributed by atoms with Crippen LogP contribution in [0.25, 0.3) is 0 Å². The summed E-state index contributed by atoms with van der Waals surface area (Å²) in [5, 5.41) is 3.44. The van der Waals surface area contributed by atoms with Gasteiger partial charge in [-0.05, 0) is 32.1 Å². The van der Waals surface area contributed by atoms with Crippen molar-refractivity contribution in [3.63, 3.8) is 0 Å². The van der Waals surface area contributed by atoms with Crippen molar-refractivity contribution in [1.82, 2.24) is 10.2 Å². The molecule has 1 N–H and O–H groups in total. The maximum Gasteiger partial charge on any atom is 0.193 e. The molecule has 1 unspecified atom stereocenters. The first-order chi connectivity index (χ1) is 9.15. The van der Waals surface area contributed by atoms with Gasteiger partial charge in [0.15, 0.2) is 5.96 Å². The second kappa shape index (κ2) is 8.41. The molecule has 0 aromatic heterocycles. The lowest BCUT2D eigenvalue weighted by molar-refractivity contribution is 0.156. The third-order valence-electron chi connectivity index (χ3n) is 4.23. The van der Waals surface area contributed by atoms with Gasteiger partial charge < -0.3 is 15.0 Å². The third-order valence-corrected chi connectivity index (χ3v) is 4.23. The summed E-state index contributed by atoms with van der Waals surface area (Å²) in [6.45, 7) is 12.6. The topological polar surface area (TPSA) is 36.9 Å². The SMILES string of the molecule is CCNC(=NCCC(C)C)N1CCC2(CCOC2)C1.I. The zero-order valence-corrected chi connectivity index (χ0v) is 15.5. The maximum atomic E-state index is 5.60. The Bertz CT molecular complexity index is 314. The quantitative estimate of drug-likeness (QED) is 0.452. The molecule has 0 saturated carbocycles. The van der Waals surface area contributed by atoms with E-state index < -0.39 is 0 Å². The van der Waals surface area contributed by atoms with Crippen molar-refractivity contribution >= 4 is 29.9 Å². The van der Waals surface area contributed by atoms with Gasteiger partial charge in [-0.3, -0.25) is 4.99 Å². The van der Waals surface area contributed by atoms with E-state index in [1.807, 2.05) is 0 Å². The van der Waals surface area contributed by atoms with Crippen molar-refractivity contribution in [3.8, 4) is 0 Å². The fraction of sp³-hybridized carbons (Fsp3) is 0.933. The summed E-state index contributed by atoms with van der Waals surface area (Å²) in [6, 6.07) is 0. The zero-order valence-electron chi connectivity index (χ0n) is 13.2. The van der Waals surface area contributed by atoms with Crippen molar-refractivity contribution in [3.05, 3.63) is 0 Å². The van der Waals surface area contributed by atoms with Gasteiger partial charge in [0.2, 0.25) is 0 Å². The number of hydrogen-bond acceptors (Lipinski definition) is 2. The molecule has 2 aliphatic rings. The maximum absolute atomic E-state index is 5.60. The molecule has 2 rings (SSSR count). The highest BCUT2D eigenvalue weighted by molar-refractivity contribution is 14.0. The van der Waals surface area contributed by atoms with E-state index in [1.165, 1.54) is 12.8 Å². The van der Waals surface area contributed by atoms with Crippen molar-refractivity contribution in [2.24, 2.45) is 16.3 Å². The van der Waals surface area contributed by atoms with Crippen LogP contribution in [0, 0.1) is 11.3 Å². The number of nitrogens with one attached hydrogen (secondary N) is 1. The molecular weight excluding hydrogens is 365 g/mol. The lowest BCUT2D eigenvalue weighted by atomic mass is 9.87. The Hall–Kier alpha value is -0.0400. The molecule has 2 aliphatic heterocycles. The van der Waals surface area contributed by atoms with Crippen LogP contribution in [0.1, 0.15) is 40.0 Å². The number of guanidine groups is 1. The van der Waals surface area contributed by atoms with E-state index in [0.717, 1.165) is 57.7 Å². The molecule has 0 aromatic carbocycles. The lowest BCUT2D eigenvalue weighted by Crippen LogP contribution is -2.41. The highest BCUT2D eigenvalue weighted by Gasteiger charge is 2.42. The van der Waals surface area contributed by atoms with Gasteiger partial charge in [0.1, 0.15) is 0 Å². The Labute approximate surface area is 140 Å². The molecule has 118 valence electrons. The van der Waals surface area contributed by atoms with Gasteiger partial charge in [-0.25, -0.2) is 0 Å². The molecule has 4 nitrogen and oxygen atoms in total. The molecule has 0 bridgehead atoms. The Morgan fingerprint density at radius 3 is 2.80 bits per heavy atom. The molecule has 1 atom stereocenters. The molecule has 0 amide bonds. The smallest absolute Gasteiger partial charge is 0.193 e. The summed E-state index contributed by atoms with van der Waals surface area (Å²) in [7, 11) is 0. The molecule has 0 aromatic rings. The first kappa shape index (κ1) is 18.0. The first-order valence-corrected chi connectivity index (χ1v) is 7.76. The van der Waals surface area contributed by atoms with Crippen LogP contribution in [0.4, 0.5) is 0 Å². The van der Waals surface area contributed by atoms with Crippen LogP contribution in [0.2, 0.25) is 0 Å². The van der Waals surface area contributed by atoms with E-state index in [1.54, 1.807) is 0 Å². The summed E-state index contributed by atoms with van der Waals surface area (Å²) in [6.07, 6.45) is 3.63. The summed E-state index contributed by atoms with van der Waals surface area (Å²) >= 11 is 0. The Balaban J connectivity index is 0.00000200. The first-order valence-electron chi connectivity index (χ1n) is 7.76. The van der Waals surface area contributed by atoms with Crippen LogP contribution in [-0.4, -0.2) is 50.3 Å². The highest BCUT2D eigenvalue weighted by Crippen LogP contribution is 2.38. The molecular formula is C15H30IN3O. The number of ether oxygens (including phenoxy) is 1. The third kappa shape index (κ3) is 4.76. The van der Waals surface area contributed by atoms with Crippen LogP contribution < -0.4 is 5.32 Å². The van der Waals surface area contributed by atoms with Gasteiger partial charge >= 0.3 is 0 Å². The minimum absolute atomic E-state index is 0. The van der Waals surface area contributed by atoms with Crippen molar-refractivity contribution in [2.75, 3.05) is 39.4 Å². The molecule has 2 fully saturated rings. The average molecular weight is 395 g/mol. The number of rotatable bonds is 4. The monoisotopic (exact) mass is 395 g/mol. The number of aliphatic imine (C=N–C) groups is 1. The van der Waals surface area contributed by atoms with Crippen LogP contribution in [-0.2, 0) is 4.74 Å². The van der Waals surface area contributed by atoms with E-state index in [4.69, 9.17) is 9.73 Å². The normalized spacial score (nSPS) is 26.4. The molecule has 20 heavy (non-hydrogen) atoms. The Morgan fingerprint density at radius 2 is 2.20 bits per heavy atom. The Morgan fingerprint density at radius 1 is 1.40 bits per heavy atom. The number of likely N-dealkylation sites (tertiary alicyclic amines) is 1. The standard InChI is InChI=1S/C15H29N3O.HI/c1-4-16-14(17-8-5-13(2)3)18-9-6-15(11-18)7-10-19-12-15;/h13H,4-12H2,1-3H3,(H,16,17);1H. The van der Waals surface area contributed by atoms with Gasteiger partial charge in [-0.15, -0.1) is 24.0 Å². The van der Waals surface area contributed by atoms with Gasteiger partial charge in [-0.2, -0.15) is 0 Å². The van der Waals surface area contributed by atoms with E-state index in [-0.39, 0.29) is 24.0 Å². The van der Waals surface area contributed by atoms with Crippen LogP contribution in [0.3, 0.4) is 0 Å². The van der Waals surface area contributed by atoms with Gasteiger partial charge in [0, 0.05) is 38.2 Å². The lowest BCUT2D eigenvalue weighted by Gasteiger charge is -2.25. The average Bonchev–Trinajstić information content (AvgIpc) is 2.99. The predicted molar refractivity (Wildman–Crippen MR) is 94.9 cm³/mol. The van der Waals surface area contributed by atoms with Crippen LogP contribution >= 0.6 is 24.0 Å². The highest BCUT2D eigenvalue weighted by atomic mass is 127. The molecule has 0 radical (unpaired) electrons. The van der Waals surface area contributed by atoms with Gasteiger partial charge in [-0.1, -0.05) is 13.8 Å². The van der Waals surface area contributed by atoms with E-state index >= 15 is 0 Å². The second-order valence-electron chi connectivity index (χ2n) is 6.39. The minimum Gasteiger partial charge on any atom is -0.381 e. The number of hydrogen-bond donors (Lipinski definition) is 1. The molecule has 1 spiro atoms. The van der Waals surface area contributed by atoms with Gasteiger partial charge in [0.25, 0.3) is 0 Å². The van der Waals surface area contributed by atoms with Gasteiger partial charge in [0.05, 0.1) is 6.61 Å². The predicted octanol–water partition coefficient (Wildman–Crippen LogP) is 2.73. The zero-order chi connectivity index (χ0) is 13.7. The van der Waals surface area contributed by atoms with E-state index in [2.05, 4.69) is 31.0 Å². The summed E-state index contributed by atoms with van der Waals surface area (Å²) in [4.78, 5) is 7.21. The van der Waals surface area contributed by atoms with Crippen molar-refractivity contribution in [2.45, 2.75) is 40.0 Å². The van der Waals surface area contributed by atoms with Crippen molar-refractivity contribution < 1.29 is 4.74 Å². The van der Waals surface area contributed by atoms with E-state index in [9.17, 15) is 0 Å². The second-order valence-corrected chi connectivity index (χ2v) is 6.39.